The van der Waals surface area contributed by atoms with Gasteiger partial charge in [-0.3, -0.25) is 14.5 Å². The highest BCUT2D eigenvalue weighted by molar-refractivity contribution is 8.02. The fourth-order valence-electron chi connectivity index (χ4n) is 4.33. The van der Waals surface area contributed by atoms with E-state index < -0.39 is 4.87 Å². The normalized spacial score (nSPS) is 23.7. The molecule has 2 amide bonds. The average Bonchev–Trinajstić information content (AvgIpc) is 3.15. The second-order valence-corrected chi connectivity index (χ2v) is 7.91. The minimum absolute atomic E-state index is 0.00156. The Morgan fingerprint density at radius 3 is 2.85 bits per heavy atom. The van der Waals surface area contributed by atoms with Crippen molar-refractivity contribution in [2.45, 2.75) is 17.7 Å². The molecule has 0 saturated carbocycles. The van der Waals surface area contributed by atoms with Gasteiger partial charge in [0, 0.05) is 23.9 Å². The number of thioether (sulfide) groups is 1. The van der Waals surface area contributed by atoms with E-state index in [9.17, 15) is 9.59 Å². The number of benzene rings is 2. The van der Waals surface area contributed by atoms with E-state index in [1.165, 1.54) is 17.3 Å². The Kier molecular flexibility index (Phi) is 3.34. The van der Waals surface area contributed by atoms with Crippen LogP contribution in [-0.2, 0) is 20.9 Å². The van der Waals surface area contributed by atoms with E-state index in [4.69, 9.17) is 4.74 Å². The van der Waals surface area contributed by atoms with Gasteiger partial charge in [-0.2, -0.15) is 0 Å². The SMILES string of the molecule is COc1cccc(N2C(=O)CSC23C(=O)N2CCCc4cccc3c42)c1. The lowest BCUT2D eigenvalue weighted by Gasteiger charge is -2.33. The van der Waals surface area contributed by atoms with Crippen molar-refractivity contribution in [2.75, 3.05) is 29.2 Å². The van der Waals surface area contributed by atoms with Crippen LogP contribution in [0.5, 0.6) is 5.75 Å². The smallest absolute Gasteiger partial charge is 0.268 e. The third-order valence-corrected chi connectivity index (χ3v) is 6.78. The lowest BCUT2D eigenvalue weighted by Crippen LogP contribution is -2.50. The summed E-state index contributed by atoms with van der Waals surface area (Å²) in [5.74, 6) is 0.913. The molecule has 0 N–H and O–H groups in total. The largest absolute Gasteiger partial charge is 0.497 e. The highest BCUT2D eigenvalue weighted by Gasteiger charge is 2.61. The molecule has 26 heavy (non-hydrogen) atoms. The summed E-state index contributed by atoms with van der Waals surface area (Å²) in [5, 5.41) is 0. The molecule has 3 aliphatic rings. The van der Waals surface area contributed by atoms with E-state index in [1.807, 2.05) is 41.3 Å². The molecule has 3 aliphatic heterocycles. The fourth-order valence-corrected chi connectivity index (χ4v) is 5.68. The number of methoxy groups -OCH3 is 1. The highest BCUT2D eigenvalue weighted by atomic mass is 32.2. The number of amides is 2. The van der Waals surface area contributed by atoms with Gasteiger partial charge in [0.1, 0.15) is 5.75 Å². The molecule has 6 heteroatoms. The number of aryl methyl sites for hydroxylation is 1. The first-order chi connectivity index (χ1) is 12.7. The van der Waals surface area contributed by atoms with E-state index in [-0.39, 0.29) is 11.8 Å². The molecule has 132 valence electrons. The Balaban J connectivity index is 1.74. The lowest BCUT2D eigenvalue weighted by molar-refractivity contribution is -0.123. The summed E-state index contributed by atoms with van der Waals surface area (Å²) in [4.78, 5) is 29.0. The molecular formula is C20H18N2O3S. The van der Waals surface area contributed by atoms with Gasteiger partial charge in [-0.1, -0.05) is 24.3 Å². The van der Waals surface area contributed by atoms with Crippen molar-refractivity contribution in [3.8, 4) is 5.75 Å². The van der Waals surface area contributed by atoms with Gasteiger partial charge in [-0.25, -0.2) is 0 Å². The molecule has 2 aromatic carbocycles. The van der Waals surface area contributed by atoms with Crippen molar-refractivity contribution in [1.82, 2.24) is 0 Å². The molecule has 5 rings (SSSR count). The van der Waals surface area contributed by atoms with Gasteiger partial charge in [0.05, 0.1) is 18.6 Å². The van der Waals surface area contributed by atoms with E-state index in [1.54, 1.807) is 12.0 Å². The molecule has 0 aliphatic carbocycles. The van der Waals surface area contributed by atoms with Crippen LogP contribution in [0.25, 0.3) is 0 Å². The van der Waals surface area contributed by atoms with Crippen LogP contribution >= 0.6 is 11.8 Å². The molecule has 0 bridgehead atoms. The first-order valence-electron chi connectivity index (χ1n) is 8.72. The maximum Gasteiger partial charge on any atom is 0.268 e. The average molecular weight is 366 g/mol. The van der Waals surface area contributed by atoms with Gasteiger partial charge >= 0.3 is 0 Å². The quantitative estimate of drug-likeness (QED) is 0.820. The second kappa shape index (κ2) is 5.51. The molecule has 1 unspecified atom stereocenters. The predicted molar refractivity (Wildman–Crippen MR) is 102 cm³/mol. The standard InChI is InChI=1S/C20H18N2O3S/c1-25-15-8-3-7-14(11-15)22-17(23)12-26-20(22)16-9-2-5-13-6-4-10-21(18(13)16)19(20)24/h2-3,5,7-9,11H,4,6,10,12H2,1H3. The second-order valence-electron chi connectivity index (χ2n) is 6.74. The summed E-state index contributed by atoms with van der Waals surface area (Å²) in [6.45, 7) is 0.714. The monoisotopic (exact) mass is 366 g/mol. The Morgan fingerprint density at radius 1 is 1.15 bits per heavy atom. The molecule has 1 fully saturated rings. The number of carbonyl (C=O) groups is 2. The fraction of sp³-hybridized carbons (Fsp3) is 0.300. The number of fused-ring (bicyclic) bond motifs is 1. The zero-order valence-corrected chi connectivity index (χ0v) is 15.2. The third kappa shape index (κ3) is 1.88. The number of anilines is 2. The van der Waals surface area contributed by atoms with Crippen molar-refractivity contribution in [3.05, 3.63) is 53.6 Å². The van der Waals surface area contributed by atoms with Crippen LogP contribution < -0.4 is 14.5 Å². The molecule has 5 nitrogen and oxygen atoms in total. The van der Waals surface area contributed by atoms with Crippen molar-refractivity contribution in [2.24, 2.45) is 0 Å². The van der Waals surface area contributed by atoms with Crippen molar-refractivity contribution in [1.29, 1.82) is 0 Å². The van der Waals surface area contributed by atoms with Crippen molar-refractivity contribution < 1.29 is 14.3 Å². The topological polar surface area (TPSA) is 49.9 Å². The number of carbonyl (C=O) groups excluding carboxylic acids is 2. The maximum absolute atomic E-state index is 13.6. The number of hydrogen-bond acceptors (Lipinski definition) is 4. The minimum atomic E-state index is -1.00. The van der Waals surface area contributed by atoms with Crippen LogP contribution in [-0.4, -0.2) is 31.2 Å². The van der Waals surface area contributed by atoms with Crippen LogP contribution in [0.4, 0.5) is 11.4 Å². The van der Waals surface area contributed by atoms with Gasteiger partial charge in [0.25, 0.3) is 5.91 Å². The summed E-state index contributed by atoms with van der Waals surface area (Å²) in [6, 6.07) is 13.5. The molecular weight excluding hydrogens is 348 g/mol. The minimum Gasteiger partial charge on any atom is -0.497 e. The summed E-state index contributed by atoms with van der Waals surface area (Å²) >= 11 is 1.43. The van der Waals surface area contributed by atoms with Crippen LogP contribution in [0.15, 0.2) is 42.5 Å². The van der Waals surface area contributed by atoms with Gasteiger partial charge in [-0.05, 0) is 30.5 Å². The first kappa shape index (κ1) is 15.8. The summed E-state index contributed by atoms with van der Waals surface area (Å²) in [7, 11) is 1.60. The number of nitrogens with zero attached hydrogens (tertiary/aromatic N) is 2. The zero-order chi connectivity index (χ0) is 17.9. The van der Waals surface area contributed by atoms with Crippen molar-refractivity contribution in [3.63, 3.8) is 0 Å². The summed E-state index contributed by atoms with van der Waals surface area (Å²) in [6.07, 6.45) is 1.93. The van der Waals surface area contributed by atoms with E-state index in [2.05, 4.69) is 6.07 Å². The third-order valence-electron chi connectivity index (χ3n) is 5.40. The van der Waals surface area contributed by atoms with Gasteiger partial charge in [-0.15, -0.1) is 11.8 Å². The van der Waals surface area contributed by atoms with E-state index in [0.717, 1.165) is 24.1 Å². The number of hydrogen-bond donors (Lipinski definition) is 0. The van der Waals surface area contributed by atoms with Gasteiger partial charge < -0.3 is 9.64 Å². The Hall–Kier alpha value is -2.47. The van der Waals surface area contributed by atoms with E-state index >= 15 is 0 Å². The number of ether oxygens (including phenoxy) is 1. The van der Waals surface area contributed by atoms with Crippen LogP contribution in [0.2, 0.25) is 0 Å². The Bertz CT molecular complexity index is 944. The highest BCUT2D eigenvalue weighted by Crippen LogP contribution is 2.57. The Morgan fingerprint density at radius 2 is 2.00 bits per heavy atom. The van der Waals surface area contributed by atoms with E-state index in [0.29, 0.717) is 23.7 Å². The first-order valence-corrected chi connectivity index (χ1v) is 9.71. The predicted octanol–water partition coefficient (Wildman–Crippen LogP) is 2.92. The molecule has 2 aromatic rings. The van der Waals surface area contributed by atoms with Crippen LogP contribution in [0.3, 0.4) is 0 Å². The number of rotatable bonds is 2. The molecule has 0 radical (unpaired) electrons. The van der Waals surface area contributed by atoms with Gasteiger partial charge in [0.2, 0.25) is 10.8 Å². The van der Waals surface area contributed by atoms with Crippen molar-refractivity contribution >= 4 is 35.0 Å². The molecule has 1 spiro atoms. The lowest BCUT2D eigenvalue weighted by atomic mass is 9.98. The van der Waals surface area contributed by atoms with Gasteiger partial charge in [0.15, 0.2) is 0 Å². The summed E-state index contributed by atoms with van der Waals surface area (Å²) in [5.41, 5.74) is 3.85. The summed E-state index contributed by atoms with van der Waals surface area (Å²) < 4.78 is 5.33. The molecule has 1 saturated heterocycles. The number of para-hydroxylation sites is 1. The van der Waals surface area contributed by atoms with Crippen LogP contribution in [0, 0.1) is 0 Å². The zero-order valence-electron chi connectivity index (χ0n) is 14.4. The maximum atomic E-state index is 13.6. The molecule has 1 atom stereocenters. The van der Waals surface area contributed by atoms with Crippen LogP contribution in [0.1, 0.15) is 17.5 Å². The Labute approximate surface area is 155 Å². The molecule has 0 aromatic heterocycles. The molecule has 3 heterocycles.